The predicted molar refractivity (Wildman–Crippen MR) is 79.9 cm³/mol. The Balaban J connectivity index is 2.00. The first-order valence-corrected chi connectivity index (χ1v) is 6.78. The van der Waals surface area contributed by atoms with Crippen LogP contribution in [0.15, 0.2) is 66.9 Å². The van der Waals surface area contributed by atoms with Crippen LogP contribution in [-0.4, -0.2) is 5.78 Å². The lowest BCUT2D eigenvalue weighted by Crippen LogP contribution is -2.38. The minimum atomic E-state index is 0.0862. The van der Waals surface area contributed by atoms with Gasteiger partial charge in [0.1, 0.15) is 0 Å². The lowest BCUT2D eigenvalue weighted by Gasteiger charge is -2.02. The standard InChI is InChI=1S/C17H13ClNO/c18-15-10-11-19(16-9-5-4-8-14(15)16)12-17(20)13-6-2-1-3-7-13/h1-11H,12H2/q+1. The van der Waals surface area contributed by atoms with Gasteiger partial charge in [-0.2, -0.15) is 4.57 Å². The van der Waals surface area contributed by atoms with Gasteiger partial charge in [-0.05, 0) is 6.07 Å². The average molecular weight is 283 g/mol. The van der Waals surface area contributed by atoms with E-state index in [2.05, 4.69) is 0 Å². The molecule has 1 heterocycles. The number of Topliss-reactive ketones (excluding diaryl/α,β-unsaturated/α-hetero) is 1. The third-order valence-corrected chi connectivity index (χ3v) is 3.61. The number of benzene rings is 2. The van der Waals surface area contributed by atoms with Gasteiger partial charge in [-0.3, -0.25) is 4.79 Å². The maximum absolute atomic E-state index is 12.3. The molecule has 3 heteroatoms. The van der Waals surface area contributed by atoms with E-state index in [0.717, 1.165) is 16.5 Å². The zero-order chi connectivity index (χ0) is 13.9. The largest absolute Gasteiger partial charge is 0.287 e. The van der Waals surface area contributed by atoms with Crippen molar-refractivity contribution < 1.29 is 9.36 Å². The Morgan fingerprint density at radius 3 is 2.45 bits per heavy atom. The summed E-state index contributed by atoms with van der Waals surface area (Å²) < 4.78 is 1.93. The van der Waals surface area contributed by atoms with Crippen LogP contribution in [0.25, 0.3) is 10.9 Å². The van der Waals surface area contributed by atoms with Gasteiger partial charge < -0.3 is 0 Å². The second-order valence-electron chi connectivity index (χ2n) is 4.60. The molecule has 2 nitrogen and oxygen atoms in total. The number of carbonyl (C=O) groups is 1. The van der Waals surface area contributed by atoms with Gasteiger partial charge in [0.15, 0.2) is 6.20 Å². The second kappa shape index (κ2) is 5.43. The van der Waals surface area contributed by atoms with Gasteiger partial charge in [-0.1, -0.05) is 54.1 Å². The number of rotatable bonds is 3. The van der Waals surface area contributed by atoms with E-state index in [-0.39, 0.29) is 5.78 Å². The molecule has 0 aliphatic rings. The predicted octanol–water partition coefficient (Wildman–Crippen LogP) is 3.66. The van der Waals surface area contributed by atoms with Crippen LogP contribution in [-0.2, 0) is 6.54 Å². The van der Waals surface area contributed by atoms with Crippen LogP contribution in [0, 0.1) is 0 Å². The van der Waals surface area contributed by atoms with Crippen LogP contribution in [0.4, 0.5) is 0 Å². The molecule has 3 rings (SSSR count). The number of hydrogen-bond donors (Lipinski definition) is 0. The van der Waals surface area contributed by atoms with Gasteiger partial charge in [0.05, 0.1) is 10.4 Å². The van der Waals surface area contributed by atoms with Crippen molar-refractivity contribution >= 4 is 28.3 Å². The summed E-state index contributed by atoms with van der Waals surface area (Å²) in [7, 11) is 0. The molecule has 0 spiro atoms. The van der Waals surface area contributed by atoms with Gasteiger partial charge in [0, 0.05) is 17.7 Å². The summed E-state index contributed by atoms with van der Waals surface area (Å²) in [6, 6.07) is 19.0. The Morgan fingerprint density at radius 2 is 1.65 bits per heavy atom. The zero-order valence-corrected chi connectivity index (χ0v) is 11.5. The van der Waals surface area contributed by atoms with E-state index in [1.54, 1.807) is 0 Å². The summed E-state index contributed by atoms with van der Waals surface area (Å²) in [6.45, 7) is 0.307. The third-order valence-electron chi connectivity index (χ3n) is 3.28. The lowest BCUT2D eigenvalue weighted by atomic mass is 10.1. The molecule has 0 amide bonds. The average Bonchev–Trinajstić information content (AvgIpc) is 2.51. The Bertz CT molecular complexity index is 768. The molecule has 0 N–H and O–H groups in total. The molecular formula is C17H13ClNO+. The van der Waals surface area contributed by atoms with E-state index in [1.165, 1.54) is 0 Å². The fourth-order valence-electron chi connectivity index (χ4n) is 2.26. The molecule has 0 bridgehead atoms. The van der Waals surface area contributed by atoms with Gasteiger partial charge in [0.2, 0.25) is 17.8 Å². The number of halogens is 1. The van der Waals surface area contributed by atoms with Crippen molar-refractivity contribution in [3.8, 4) is 0 Å². The molecule has 98 valence electrons. The van der Waals surface area contributed by atoms with E-state index >= 15 is 0 Å². The highest BCUT2D eigenvalue weighted by atomic mass is 35.5. The molecule has 0 fully saturated rings. The molecule has 2 aromatic carbocycles. The fourth-order valence-corrected chi connectivity index (χ4v) is 2.48. The summed E-state index contributed by atoms with van der Waals surface area (Å²) in [5, 5.41) is 1.65. The second-order valence-corrected chi connectivity index (χ2v) is 5.01. The maximum atomic E-state index is 12.3. The van der Waals surface area contributed by atoms with Crippen LogP contribution >= 0.6 is 11.6 Å². The molecule has 0 unspecified atom stereocenters. The number of ketones is 1. The molecule has 0 aliphatic heterocycles. The molecule has 0 saturated heterocycles. The van der Waals surface area contributed by atoms with Crippen molar-refractivity contribution in [1.29, 1.82) is 0 Å². The van der Waals surface area contributed by atoms with Crippen LogP contribution in [0.3, 0.4) is 0 Å². The number of nitrogens with zero attached hydrogens (tertiary/aromatic N) is 1. The summed E-state index contributed by atoms with van der Waals surface area (Å²) >= 11 is 6.18. The quantitative estimate of drug-likeness (QED) is 0.530. The van der Waals surface area contributed by atoms with Crippen molar-refractivity contribution in [1.82, 2.24) is 0 Å². The number of hydrogen-bond acceptors (Lipinski definition) is 1. The van der Waals surface area contributed by atoms with Gasteiger partial charge in [-0.15, -0.1) is 0 Å². The Hall–Kier alpha value is -2.19. The van der Waals surface area contributed by atoms with Crippen molar-refractivity contribution in [2.75, 3.05) is 0 Å². The van der Waals surface area contributed by atoms with Crippen molar-refractivity contribution in [2.24, 2.45) is 0 Å². The number of fused-ring (bicyclic) bond motifs is 1. The fraction of sp³-hybridized carbons (Fsp3) is 0.0588. The zero-order valence-electron chi connectivity index (χ0n) is 10.8. The molecule has 0 aliphatic carbocycles. The summed E-state index contributed by atoms with van der Waals surface area (Å²) in [5.74, 6) is 0.0862. The minimum Gasteiger partial charge on any atom is -0.287 e. The van der Waals surface area contributed by atoms with Crippen LogP contribution in [0.2, 0.25) is 5.02 Å². The molecular weight excluding hydrogens is 270 g/mol. The summed E-state index contributed by atoms with van der Waals surface area (Å²) in [4.78, 5) is 12.3. The normalized spacial score (nSPS) is 10.7. The van der Waals surface area contributed by atoms with Crippen molar-refractivity contribution in [2.45, 2.75) is 6.54 Å². The Morgan fingerprint density at radius 1 is 0.950 bits per heavy atom. The molecule has 1 aromatic heterocycles. The van der Waals surface area contributed by atoms with E-state index in [0.29, 0.717) is 11.6 Å². The lowest BCUT2D eigenvalue weighted by molar-refractivity contribution is -0.657. The topological polar surface area (TPSA) is 20.9 Å². The molecule has 0 atom stereocenters. The van der Waals surface area contributed by atoms with E-state index < -0.39 is 0 Å². The number of carbonyl (C=O) groups excluding carboxylic acids is 1. The first-order chi connectivity index (χ1) is 9.75. The van der Waals surface area contributed by atoms with Crippen molar-refractivity contribution in [3.05, 3.63) is 77.4 Å². The van der Waals surface area contributed by atoms with Crippen molar-refractivity contribution in [3.63, 3.8) is 0 Å². The van der Waals surface area contributed by atoms with Gasteiger partial charge >= 0.3 is 0 Å². The maximum Gasteiger partial charge on any atom is 0.227 e. The molecule has 3 aromatic rings. The smallest absolute Gasteiger partial charge is 0.227 e. The highest BCUT2D eigenvalue weighted by molar-refractivity contribution is 6.35. The highest BCUT2D eigenvalue weighted by Crippen LogP contribution is 2.19. The number of pyridine rings is 1. The SMILES string of the molecule is O=C(C[n+]1ccc(Cl)c2ccccc21)c1ccccc1. The monoisotopic (exact) mass is 282 g/mol. The summed E-state index contributed by atoms with van der Waals surface area (Å²) in [6.07, 6.45) is 1.85. The highest BCUT2D eigenvalue weighted by Gasteiger charge is 2.16. The first-order valence-electron chi connectivity index (χ1n) is 6.40. The van der Waals surface area contributed by atoms with Gasteiger partial charge in [0.25, 0.3) is 0 Å². The van der Waals surface area contributed by atoms with E-state index in [9.17, 15) is 4.79 Å². The first kappa shape index (κ1) is 12.8. The third kappa shape index (κ3) is 2.43. The van der Waals surface area contributed by atoms with Crippen LogP contribution < -0.4 is 4.57 Å². The minimum absolute atomic E-state index is 0.0862. The van der Waals surface area contributed by atoms with E-state index in [1.807, 2.05) is 71.4 Å². The molecule has 0 radical (unpaired) electrons. The molecule has 20 heavy (non-hydrogen) atoms. The van der Waals surface area contributed by atoms with E-state index in [4.69, 9.17) is 11.6 Å². The Kier molecular flexibility index (Phi) is 3.48. The Labute approximate surface area is 122 Å². The van der Waals surface area contributed by atoms with Gasteiger partial charge in [-0.25, -0.2) is 0 Å². The molecule has 0 saturated carbocycles. The number of para-hydroxylation sites is 1. The number of aromatic nitrogens is 1. The summed E-state index contributed by atoms with van der Waals surface area (Å²) in [5.41, 5.74) is 1.68. The van der Waals surface area contributed by atoms with Crippen LogP contribution in [0.1, 0.15) is 10.4 Å². The van der Waals surface area contributed by atoms with Crippen LogP contribution in [0.5, 0.6) is 0 Å².